The number of benzene rings is 1. The summed E-state index contributed by atoms with van der Waals surface area (Å²) in [5, 5.41) is 15.8. The first-order valence-corrected chi connectivity index (χ1v) is 7.88. The molecule has 7 heteroatoms. The topological polar surface area (TPSA) is 72.2 Å². The third kappa shape index (κ3) is 2.59. The molecule has 0 aliphatic carbocycles. The van der Waals surface area contributed by atoms with Crippen LogP contribution in [0.2, 0.25) is 0 Å². The van der Waals surface area contributed by atoms with Gasteiger partial charge in [0.25, 0.3) is 5.91 Å². The fourth-order valence-corrected chi connectivity index (χ4v) is 2.87. The second kappa shape index (κ2) is 5.49. The number of amides is 1. The van der Waals surface area contributed by atoms with Crippen LogP contribution in [0.3, 0.4) is 0 Å². The Morgan fingerprint density at radius 2 is 2.05 bits per heavy atom. The van der Waals surface area contributed by atoms with E-state index in [9.17, 15) is 4.79 Å². The zero-order chi connectivity index (χ0) is 15.9. The van der Waals surface area contributed by atoms with Gasteiger partial charge in [-0.15, -0.1) is 15.3 Å². The molecular formula is C15H17N5OS. The number of aromatic nitrogens is 4. The molecule has 0 saturated heterocycles. The van der Waals surface area contributed by atoms with Crippen molar-refractivity contribution in [2.24, 2.45) is 0 Å². The molecule has 0 aliphatic rings. The summed E-state index contributed by atoms with van der Waals surface area (Å²) in [4.78, 5) is 13.0. The van der Waals surface area contributed by atoms with Gasteiger partial charge in [0.1, 0.15) is 0 Å². The molecule has 22 heavy (non-hydrogen) atoms. The highest BCUT2D eigenvalue weighted by atomic mass is 32.1. The molecule has 1 amide bonds. The molecule has 6 nitrogen and oxygen atoms in total. The first kappa shape index (κ1) is 14.6. The number of fused-ring (bicyclic) bond motifs is 1. The highest BCUT2D eigenvalue weighted by Gasteiger charge is 2.18. The Morgan fingerprint density at radius 3 is 2.77 bits per heavy atom. The summed E-state index contributed by atoms with van der Waals surface area (Å²) in [6.07, 6.45) is 0. The Balaban J connectivity index is 1.90. The van der Waals surface area contributed by atoms with E-state index in [1.807, 2.05) is 45.9 Å². The van der Waals surface area contributed by atoms with E-state index in [1.54, 1.807) is 4.52 Å². The SMILES string of the molecule is Cc1ccc(C)c(NC(=O)c2nn3c(C(C)C)nnc3s2)c1. The third-order valence-electron chi connectivity index (χ3n) is 3.37. The Kier molecular flexibility index (Phi) is 3.66. The first-order valence-electron chi connectivity index (χ1n) is 7.06. The van der Waals surface area contributed by atoms with Crippen LogP contribution in [-0.2, 0) is 0 Å². The third-order valence-corrected chi connectivity index (χ3v) is 4.26. The van der Waals surface area contributed by atoms with Crippen LogP contribution in [0.15, 0.2) is 18.2 Å². The van der Waals surface area contributed by atoms with Crippen LogP contribution in [-0.4, -0.2) is 25.7 Å². The highest BCUT2D eigenvalue weighted by molar-refractivity contribution is 7.18. The molecule has 3 aromatic rings. The van der Waals surface area contributed by atoms with Crippen LogP contribution in [0.5, 0.6) is 0 Å². The molecule has 0 spiro atoms. The molecule has 3 rings (SSSR count). The second-order valence-electron chi connectivity index (χ2n) is 5.59. The molecule has 2 aromatic heterocycles. The Morgan fingerprint density at radius 1 is 1.27 bits per heavy atom. The predicted molar refractivity (Wildman–Crippen MR) is 86.6 cm³/mol. The number of carbonyl (C=O) groups excluding carboxylic acids is 1. The summed E-state index contributed by atoms with van der Waals surface area (Å²) >= 11 is 1.24. The summed E-state index contributed by atoms with van der Waals surface area (Å²) in [7, 11) is 0. The van der Waals surface area contributed by atoms with Gasteiger partial charge in [0, 0.05) is 11.6 Å². The van der Waals surface area contributed by atoms with Gasteiger partial charge in [-0.25, -0.2) is 0 Å². The number of nitrogens with zero attached hydrogens (tertiary/aromatic N) is 4. The summed E-state index contributed by atoms with van der Waals surface area (Å²) < 4.78 is 1.65. The molecule has 0 radical (unpaired) electrons. The van der Waals surface area contributed by atoms with Gasteiger partial charge in [0.2, 0.25) is 9.97 Å². The molecule has 0 atom stereocenters. The van der Waals surface area contributed by atoms with Crippen molar-refractivity contribution in [1.82, 2.24) is 19.8 Å². The minimum absolute atomic E-state index is 0.201. The minimum atomic E-state index is -0.223. The standard InChI is InChI=1S/C15H17N5OS/c1-8(2)12-17-18-15-20(12)19-14(22-15)13(21)16-11-7-9(3)5-6-10(11)4/h5-8H,1-4H3,(H,16,21). The minimum Gasteiger partial charge on any atom is -0.320 e. The largest absolute Gasteiger partial charge is 0.320 e. The molecule has 0 unspecified atom stereocenters. The van der Waals surface area contributed by atoms with Crippen LogP contribution < -0.4 is 5.32 Å². The van der Waals surface area contributed by atoms with Gasteiger partial charge in [-0.05, 0) is 31.0 Å². The number of nitrogens with one attached hydrogen (secondary N) is 1. The van der Waals surface area contributed by atoms with Crippen LogP contribution in [0, 0.1) is 13.8 Å². The van der Waals surface area contributed by atoms with Crippen molar-refractivity contribution in [3.63, 3.8) is 0 Å². The van der Waals surface area contributed by atoms with Crippen molar-refractivity contribution in [3.05, 3.63) is 40.2 Å². The number of rotatable bonds is 3. The Bertz CT molecular complexity index is 849. The molecule has 2 heterocycles. The van der Waals surface area contributed by atoms with E-state index in [0.29, 0.717) is 9.97 Å². The average Bonchev–Trinajstić information content (AvgIpc) is 3.02. The lowest BCUT2D eigenvalue weighted by Crippen LogP contribution is -2.13. The summed E-state index contributed by atoms with van der Waals surface area (Å²) in [5.41, 5.74) is 2.92. The van der Waals surface area contributed by atoms with E-state index >= 15 is 0 Å². The van der Waals surface area contributed by atoms with Gasteiger partial charge in [0.15, 0.2) is 5.82 Å². The van der Waals surface area contributed by atoms with Gasteiger partial charge < -0.3 is 5.32 Å². The number of carbonyl (C=O) groups is 1. The lowest BCUT2D eigenvalue weighted by molar-refractivity contribution is 0.102. The maximum Gasteiger partial charge on any atom is 0.286 e. The fourth-order valence-electron chi connectivity index (χ4n) is 2.13. The molecule has 0 aliphatic heterocycles. The van der Waals surface area contributed by atoms with E-state index in [-0.39, 0.29) is 11.8 Å². The van der Waals surface area contributed by atoms with Gasteiger partial charge in [-0.1, -0.05) is 37.3 Å². The van der Waals surface area contributed by atoms with E-state index in [0.717, 1.165) is 22.6 Å². The van der Waals surface area contributed by atoms with Gasteiger partial charge >= 0.3 is 0 Å². The van der Waals surface area contributed by atoms with Gasteiger partial charge in [-0.3, -0.25) is 4.79 Å². The van der Waals surface area contributed by atoms with Crippen LogP contribution in [0.1, 0.15) is 46.5 Å². The van der Waals surface area contributed by atoms with Crippen LogP contribution in [0.25, 0.3) is 4.96 Å². The normalized spacial score (nSPS) is 11.3. The van der Waals surface area contributed by atoms with E-state index in [1.165, 1.54) is 11.3 Å². The summed E-state index contributed by atoms with van der Waals surface area (Å²) in [5.74, 6) is 0.739. The van der Waals surface area contributed by atoms with E-state index in [2.05, 4.69) is 20.6 Å². The lowest BCUT2D eigenvalue weighted by atomic mass is 10.1. The second-order valence-corrected chi connectivity index (χ2v) is 6.54. The highest BCUT2D eigenvalue weighted by Crippen LogP contribution is 2.21. The van der Waals surface area contributed by atoms with Crippen molar-refractivity contribution in [2.45, 2.75) is 33.6 Å². The molecule has 0 saturated carbocycles. The van der Waals surface area contributed by atoms with Gasteiger partial charge in [0.05, 0.1) is 0 Å². The molecule has 1 N–H and O–H groups in total. The lowest BCUT2D eigenvalue weighted by Gasteiger charge is -2.07. The van der Waals surface area contributed by atoms with E-state index < -0.39 is 0 Å². The maximum atomic E-state index is 12.4. The summed E-state index contributed by atoms with van der Waals surface area (Å²) in [6, 6.07) is 5.95. The smallest absolute Gasteiger partial charge is 0.286 e. The van der Waals surface area contributed by atoms with Crippen molar-refractivity contribution >= 4 is 27.9 Å². The number of aryl methyl sites for hydroxylation is 2. The van der Waals surface area contributed by atoms with Crippen LogP contribution in [0.4, 0.5) is 5.69 Å². The maximum absolute atomic E-state index is 12.4. The zero-order valence-corrected chi connectivity index (χ0v) is 13.7. The summed E-state index contributed by atoms with van der Waals surface area (Å²) in [6.45, 7) is 7.99. The molecule has 1 aromatic carbocycles. The monoisotopic (exact) mass is 315 g/mol. The van der Waals surface area contributed by atoms with Crippen molar-refractivity contribution < 1.29 is 4.79 Å². The fraction of sp³-hybridized carbons (Fsp3) is 0.333. The van der Waals surface area contributed by atoms with E-state index in [4.69, 9.17) is 0 Å². The van der Waals surface area contributed by atoms with Crippen molar-refractivity contribution in [1.29, 1.82) is 0 Å². The average molecular weight is 315 g/mol. The molecule has 0 fully saturated rings. The predicted octanol–water partition coefficient (Wildman–Crippen LogP) is 3.18. The molecule has 114 valence electrons. The number of hydrogen-bond donors (Lipinski definition) is 1. The first-order chi connectivity index (χ1) is 10.5. The Hall–Kier alpha value is -2.28. The molecular weight excluding hydrogens is 298 g/mol. The number of anilines is 1. The van der Waals surface area contributed by atoms with Gasteiger partial charge in [-0.2, -0.15) is 4.52 Å². The quantitative estimate of drug-likeness (QED) is 0.805. The van der Waals surface area contributed by atoms with Crippen molar-refractivity contribution in [2.75, 3.05) is 5.32 Å². The number of hydrogen-bond acceptors (Lipinski definition) is 5. The zero-order valence-electron chi connectivity index (χ0n) is 12.9. The Labute approximate surface area is 132 Å². The van der Waals surface area contributed by atoms with Crippen molar-refractivity contribution in [3.8, 4) is 0 Å². The molecule has 0 bridgehead atoms. The van der Waals surface area contributed by atoms with Crippen LogP contribution >= 0.6 is 11.3 Å².